The molecule has 0 bridgehead atoms. The fourth-order valence-corrected chi connectivity index (χ4v) is 3.88. The van der Waals surface area contributed by atoms with E-state index in [4.69, 9.17) is 4.74 Å². The van der Waals surface area contributed by atoms with Gasteiger partial charge >= 0.3 is 11.9 Å². The molecule has 0 amide bonds. The van der Waals surface area contributed by atoms with E-state index < -0.39 is 29.6 Å². The number of nitrogens with zero attached hydrogens (tertiary/aromatic N) is 2. The average molecular weight is 442 g/mol. The van der Waals surface area contributed by atoms with Crippen LogP contribution in [0.15, 0.2) is 96.4 Å². The molecular formula is C26H22N2O5. The number of anilines is 2. The number of carbonyl (C=O) groups excluding carboxylic acids is 2. The number of fused-ring (bicyclic) bond motifs is 1. The van der Waals surface area contributed by atoms with Gasteiger partial charge in [0.05, 0.1) is 31.2 Å². The molecule has 0 saturated carbocycles. The zero-order chi connectivity index (χ0) is 23.4. The molecule has 3 aromatic carbocycles. The highest BCUT2D eigenvalue weighted by molar-refractivity contribution is 5.98. The van der Waals surface area contributed by atoms with Crippen molar-refractivity contribution in [3.63, 3.8) is 0 Å². The van der Waals surface area contributed by atoms with Crippen molar-refractivity contribution >= 4 is 29.5 Å². The third kappa shape index (κ3) is 4.08. The summed E-state index contributed by atoms with van der Waals surface area (Å²) < 4.78 is 11.0. The Kier molecular flexibility index (Phi) is 6.22. The molecule has 7 nitrogen and oxygen atoms in total. The van der Waals surface area contributed by atoms with Crippen LogP contribution in [0.4, 0.5) is 11.4 Å². The Morgan fingerprint density at radius 1 is 0.818 bits per heavy atom. The Balaban J connectivity index is 2.07. The van der Waals surface area contributed by atoms with E-state index in [1.165, 1.54) is 4.58 Å². The molecule has 1 atom stereocenters. The van der Waals surface area contributed by atoms with E-state index in [9.17, 15) is 14.7 Å². The summed E-state index contributed by atoms with van der Waals surface area (Å²) in [6.45, 7) is 0. The fourth-order valence-electron chi connectivity index (χ4n) is 3.88. The summed E-state index contributed by atoms with van der Waals surface area (Å²) in [5.74, 6) is -3.18. The molecule has 0 aromatic heterocycles. The summed E-state index contributed by atoms with van der Waals surface area (Å²) in [5.41, 5.74) is 2.84. The largest absolute Gasteiger partial charge is 0.863 e. The molecular weight excluding hydrogens is 420 g/mol. The molecule has 1 aliphatic rings. The molecule has 1 heterocycles. The summed E-state index contributed by atoms with van der Waals surface area (Å²) in [4.78, 5) is 27.1. The summed E-state index contributed by atoms with van der Waals surface area (Å²) in [6, 6.07) is 26.6. The smallest absolute Gasteiger partial charge is 0.403 e. The van der Waals surface area contributed by atoms with E-state index in [0.717, 1.165) is 36.7 Å². The first kappa shape index (κ1) is 21.8. The maximum absolute atomic E-state index is 13.0. The fraction of sp³-hybridized carbons (Fsp3) is 0.115. The topological polar surface area (TPSA) is 81.9 Å². The Labute approximate surface area is 191 Å². The highest BCUT2D eigenvalue weighted by atomic mass is 16.5. The van der Waals surface area contributed by atoms with Crippen molar-refractivity contribution in [2.45, 2.75) is 6.17 Å². The van der Waals surface area contributed by atoms with Gasteiger partial charge in [-0.2, -0.15) is 4.58 Å². The number of carbonyl (C=O) groups is 2. The molecule has 3 aromatic rings. The summed E-state index contributed by atoms with van der Waals surface area (Å²) >= 11 is 0. The van der Waals surface area contributed by atoms with Crippen molar-refractivity contribution in [2.24, 2.45) is 0 Å². The van der Waals surface area contributed by atoms with Crippen LogP contribution < -0.4 is 10.0 Å². The van der Waals surface area contributed by atoms with Gasteiger partial charge in [-0.15, -0.1) is 0 Å². The molecule has 0 saturated heterocycles. The van der Waals surface area contributed by atoms with Crippen LogP contribution in [0.2, 0.25) is 0 Å². The number of methoxy groups -OCH3 is 2. The maximum Gasteiger partial charge on any atom is 0.403 e. The maximum atomic E-state index is 13.0. The van der Waals surface area contributed by atoms with E-state index in [1.807, 2.05) is 89.8 Å². The molecule has 0 N–H and O–H groups in total. The van der Waals surface area contributed by atoms with Crippen molar-refractivity contribution in [1.82, 2.24) is 0 Å². The molecule has 0 fully saturated rings. The number of para-hydroxylation sites is 2. The molecule has 0 aliphatic carbocycles. The van der Waals surface area contributed by atoms with E-state index in [1.54, 1.807) is 6.21 Å². The van der Waals surface area contributed by atoms with Gasteiger partial charge in [0.25, 0.3) is 11.9 Å². The predicted molar refractivity (Wildman–Crippen MR) is 121 cm³/mol. The van der Waals surface area contributed by atoms with Crippen LogP contribution in [0.3, 0.4) is 0 Å². The minimum Gasteiger partial charge on any atom is -0.863 e. The lowest BCUT2D eigenvalue weighted by Crippen LogP contribution is -2.41. The number of ether oxygens (including phenoxy) is 2. The number of hydrogen-bond acceptors (Lipinski definition) is 6. The molecule has 166 valence electrons. The zero-order valence-electron chi connectivity index (χ0n) is 18.2. The molecule has 0 radical (unpaired) electrons. The van der Waals surface area contributed by atoms with Crippen LogP contribution in [-0.2, 0) is 19.1 Å². The van der Waals surface area contributed by atoms with Crippen LogP contribution >= 0.6 is 0 Å². The Hall–Kier alpha value is -4.39. The molecule has 7 heteroatoms. The van der Waals surface area contributed by atoms with Gasteiger partial charge < -0.3 is 14.6 Å². The van der Waals surface area contributed by atoms with Gasteiger partial charge in [0.2, 0.25) is 0 Å². The monoisotopic (exact) mass is 442 g/mol. The average Bonchev–Trinajstić information content (AvgIpc) is 2.88. The summed E-state index contributed by atoms with van der Waals surface area (Å²) in [6.07, 6.45) is 1.02. The van der Waals surface area contributed by atoms with Crippen LogP contribution in [0.1, 0.15) is 17.3 Å². The van der Waals surface area contributed by atoms with Crippen molar-refractivity contribution in [3.05, 3.63) is 108 Å². The Bertz CT molecular complexity index is 1240. The molecule has 1 unspecified atom stereocenters. The lowest BCUT2D eigenvalue weighted by molar-refractivity contribution is -0.524. The van der Waals surface area contributed by atoms with Crippen molar-refractivity contribution in [1.29, 1.82) is 0 Å². The van der Waals surface area contributed by atoms with Crippen molar-refractivity contribution < 1.29 is 28.7 Å². The molecule has 33 heavy (non-hydrogen) atoms. The Morgan fingerprint density at radius 3 is 2.03 bits per heavy atom. The Morgan fingerprint density at radius 2 is 1.39 bits per heavy atom. The first-order chi connectivity index (χ1) is 16.1. The van der Waals surface area contributed by atoms with Crippen molar-refractivity contribution in [3.8, 4) is 0 Å². The van der Waals surface area contributed by atoms with E-state index in [-0.39, 0.29) is 0 Å². The van der Waals surface area contributed by atoms with E-state index in [0.29, 0.717) is 0 Å². The van der Waals surface area contributed by atoms with Crippen LogP contribution in [-0.4, -0.2) is 36.9 Å². The third-order valence-electron chi connectivity index (χ3n) is 5.34. The van der Waals surface area contributed by atoms with Gasteiger partial charge in [-0.3, -0.25) is 4.90 Å². The first-order valence-electron chi connectivity index (χ1n) is 10.3. The molecule has 4 rings (SSSR count). The number of esters is 2. The van der Waals surface area contributed by atoms with Gasteiger partial charge in [-0.25, -0.2) is 9.59 Å². The van der Waals surface area contributed by atoms with Crippen LogP contribution in [0, 0.1) is 0 Å². The normalized spacial score (nSPS) is 15.6. The highest BCUT2D eigenvalue weighted by Crippen LogP contribution is 2.41. The predicted octanol–water partition coefficient (Wildman–Crippen LogP) is 2.89. The number of hydrogen-bond donors (Lipinski definition) is 0. The minimum absolute atomic E-state index is 0.436. The molecule has 0 spiro atoms. The van der Waals surface area contributed by atoms with Gasteiger partial charge in [0.15, 0.2) is 6.21 Å². The van der Waals surface area contributed by atoms with Crippen molar-refractivity contribution in [2.75, 3.05) is 19.1 Å². The van der Waals surface area contributed by atoms with E-state index >= 15 is 0 Å². The minimum atomic E-state index is -1.15. The van der Waals surface area contributed by atoms with Gasteiger partial charge in [0.1, 0.15) is 0 Å². The lowest BCUT2D eigenvalue weighted by Gasteiger charge is -2.35. The third-order valence-corrected chi connectivity index (χ3v) is 5.34. The van der Waals surface area contributed by atoms with E-state index in [2.05, 4.69) is 4.74 Å². The number of benzene rings is 3. The van der Waals surface area contributed by atoms with Gasteiger partial charge in [-0.05, 0) is 24.3 Å². The second kappa shape index (κ2) is 9.40. The van der Waals surface area contributed by atoms with Crippen LogP contribution in [0.5, 0.6) is 0 Å². The standard InChI is InChI=1S/C26H22N2O5/c1-32-25(30)22(23(29)26(31)33-2)27-17-19-13-9-10-16-21(19)28(20-14-7-4-8-15-20)24(27)18-11-5-3-6-12-18/h3-17,24H,1-2H3. The molecule has 1 aliphatic heterocycles. The SMILES string of the molecule is COC(=O)/C([O-])=C(\C(=O)OC)[N+]1=Cc2ccccc2N(c2ccccc2)C1c1ccccc1. The van der Waals surface area contributed by atoms with Gasteiger partial charge in [-0.1, -0.05) is 60.7 Å². The van der Waals surface area contributed by atoms with Crippen LogP contribution in [0.25, 0.3) is 0 Å². The summed E-state index contributed by atoms with van der Waals surface area (Å²) in [5, 5.41) is 13.0. The second-order valence-electron chi connectivity index (χ2n) is 7.25. The number of rotatable bonds is 5. The summed E-state index contributed by atoms with van der Waals surface area (Å²) in [7, 11) is 2.26. The first-order valence-corrected chi connectivity index (χ1v) is 10.3. The quantitative estimate of drug-likeness (QED) is 0.262. The second-order valence-corrected chi connectivity index (χ2v) is 7.25. The van der Waals surface area contributed by atoms with Gasteiger partial charge in [0, 0.05) is 11.3 Å². The zero-order valence-corrected chi connectivity index (χ0v) is 18.2. The highest BCUT2D eigenvalue weighted by Gasteiger charge is 2.42. The lowest BCUT2D eigenvalue weighted by atomic mass is 10.0.